The Morgan fingerprint density at radius 1 is 1.32 bits per heavy atom. The van der Waals surface area contributed by atoms with Gasteiger partial charge in [-0.1, -0.05) is 18.2 Å². The lowest BCUT2D eigenvalue weighted by molar-refractivity contribution is 0.0839. The number of benzene rings is 1. The molecule has 1 saturated heterocycles. The minimum Gasteiger partial charge on any atom is -0.388 e. The van der Waals surface area contributed by atoms with Crippen LogP contribution in [0.1, 0.15) is 39.7 Å². The molecule has 1 atom stereocenters. The highest BCUT2D eigenvalue weighted by Crippen LogP contribution is 2.29. The lowest BCUT2D eigenvalue weighted by Crippen LogP contribution is -2.36. The van der Waals surface area contributed by atoms with Crippen molar-refractivity contribution in [3.05, 3.63) is 29.8 Å². The van der Waals surface area contributed by atoms with Gasteiger partial charge in [-0.25, -0.2) is 0 Å². The van der Waals surface area contributed by atoms with E-state index in [1.54, 1.807) is 0 Å². The van der Waals surface area contributed by atoms with Crippen molar-refractivity contribution in [2.24, 2.45) is 0 Å². The molecule has 106 valence electrons. The fourth-order valence-corrected chi connectivity index (χ4v) is 2.48. The molecular formula is C16H26N2O. The monoisotopic (exact) mass is 262 g/mol. The summed E-state index contributed by atoms with van der Waals surface area (Å²) in [4.78, 5) is 2.29. The van der Waals surface area contributed by atoms with Gasteiger partial charge in [0.05, 0.1) is 5.60 Å². The van der Waals surface area contributed by atoms with Crippen LogP contribution >= 0.6 is 0 Å². The van der Waals surface area contributed by atoms with Gasteiger partial charge in [0.1, 0.15) is 0 Å². The SMILES string of the molecule is CC1(O)CCN(c2ccccc2CNC(C)(C)C)C1. The first kappa shape index (κ1) is 14.4. The predicted octanol–water partition coefficient (Wildman–Crippen LogP) is 2.54. The molecule has 0 aliphatic carbocycles. The molecule has 1 fully saturated rings. The molecule has 1 unspecified atom stereocenters. The molecule has 1 aromatic rings. The highest BCUT2D eigenvalue weighted by Gasteiger charge is 2.32. The van der Waals surface area contributed by atoms with Crippen molar-refractivity contribution in [3.63, 3.8) is 0 Å². The first-order valence-corrected chi connectivity index (χ1v) is 7.07. The van der Waals surface area contributed by atoms with Crippen LogP contribution < -0.4 is 10.2 Å². The van der Waals surface area contributed by atoms with Crippen LogP contribution in [0.4, 0.5) is 5.69 Å². The van der Waals surface area contributed by atoms with Gasteiger partial charge in [-0.2, -0.15) is 0 Å². The fraction of sp³-hybridized carbons (Fsp3) is 0.625. The van der Waals surface area contributed by atoms with E-state index in [9.17, 15) is 5.11 Å². The van der Waals surface area contributed by atoms with E-state index in [4.69, 9.17) is 0 Å². The lowest BCUT2D eigenvalue weighted by atomic mass is 10.1. The highest BCUT2D eigenvalue weighted by atomic mass is 16.3. The van der Waals surface area contributed by atoms with Gasteiger partial charge in [0.15, 0.2) is 0 Å². The summed E-state index contributed by atoms with van der Waals surface area (Å²) in [5.41, 5.74) is 2.11. The van der Waals surface area contributed by atoms with Gasteiger partial charge in [-0.3, -0.25) is 0 Å². The van der Waals surface area contributed by atoms with Gasteiger partial charge in [0, 0.05) is 30.9 Å². The lowest BCUT2D eigenvalue weighted by Gasteiger charge is -2.26. The number of β-amino-alcohol motifs (C(OH)–C–C–N with tert-alkyl or cyclic N) is 1. The minimum absolute atomic E-state index is 0.115. The second-order valence-electron chi connectivity index (χ2n) is 6.90. The van der Waals surface area contributed by atoms with Gasteiger partial charge in [-0.05, 0) is 45.7 Å². The van der Waals surface area contributed by atoms with Crippen LogP contribution in [0.15, 0.2) is 24.3 Å². The molecule has 0 saturated carbocycles. The Kier molecular flexibility index (Phi) is 3.88. The number of rotatable bonds is 3. The molecular weight excluding hydrogens is 236 g/mol. The first-order chi connectivity index (χ1) is 8.77. The normalized spacial score (nSPS) is 23.9. The molecule has 0 amide bonds. The van der Waals surface area contributed by atoms with Crippen LogP contribution in [0, 0.1) is 0 Å². The molecule has 3 nitrogen and oxygen atoms in total. The van der Waals surface area contributed by atoms with Gasteiger partial charge >= 0.3 is 0 Å². The summed E-state index contributed by atoms with van der Waals surface area (Å²) >= 11 is 0. The molecule has 0 radical (unpaired) electrons. The van der Waals surface area contributed by atoms with Crippen molar-refractivity contribution in [2.75, 3.05) is 18.0 Å². The topological polar surface area (TPSA) is 35.5 Å². The first-order valence-electron chi connectivity index (χ1n) is 7.07. The molecule has 2 rings (SSSR count). The van der Waals surface area contributed by atoms with E-state index in [0.717, 1.165) is 26.1 Å². The van der Waals surface area contributed by atoms with Crippen LogP contribution in [0.5, 0.6) is 0 Å². The summed E-state index contributed by atoms with van der Waals surface area (Å²) in [6, 6.07) is 8.47. The number of para-hydroxylation sites is 1. The van der Waals surface area contributed by atoms with Crippen LogP contribution in [0.2, 0.25) is 0 Å². The third-order valence-corrected chi connectivity index (χ3v) is 3.59. The molecule has 19 heavy (non-hydrogen) atoms. The van der Waals surface area contributed by atoms with Crippen LogP contribution in [-0.4, -0.2) is 29.3 Å². The Morgan fingerprint density at radius 3 is 2.58 bits per heavy atom. The average Bonchev–Trinajstić information content (AvgIpc) is 2.66. The van der Waals surface area contributed by atoms with E-state index in [1.807, 2.05) is 6.92 Å². The second-order valence-corrected chi connectivity index (χ2v) is 6.90. The highest BCUT2D eigenvalue weighted by molar-refractivity contribution is 5.54. The van der Waals surface area contributed by atoms with E-state index in [0.29, 0.717) is 0 Å². The Bertz CT molecular complexity index is 435. The zero-order chi connectivity index (χ0) is 14.1. The Hall–Kier alpha value is -1.06. The van der Waals surface area contributed by atoms with E-state index in [1.165, 1.54) is 11.3 Å². The smallest absolute Gasteiger partial charge is 0.0810 e. The molecule has 1 heterocycles. The molecule has 1 aromatic carbocycles. The summed E-state index contributed by atoms with van der Waals surface area (Å²) in [5.74, 6) is 0. The van der Waals surface area contributed by atoms with Crippen molar-refractivity contribution in [1.29, 1.82) is 0 Å². The van der Waals surface area contributed by atoms with E-state index < -0.39 is 5.60 Å². The predicted molar refractivity (Wildman–Crippen MR) is 80.5 cm³/mol. The fourth-order valence-electron chi connectivity index (χ4n) is 2.48. The summed E-state index contributed by atoms with van der Waals surface area (Å²) in [6.07, 6.45) is 0.841. The standard InChI is InChI=1S/C16H26N2O/c1-15(2,3)17-11-13-7-5-6-8-14(13)18-10-9-16(4,19)12-18/h5-8,17,19H,9-12H2,1-4H3. The Balaban J connectivity index is 2.13. The third kappa shape index (κ3) is 3.95. The van der Waals surface area contributed by atoms with Gasteiger partial charge in [0.25, 0.3) is 0 Å². The number of hydrogen-bond donors (Lipinski definition) is 2. The van der Waals surface area contributed by atoms with Gasteiger partial charge in [0.2, 0.25) is 0 Å². The zero-order valence-corrected chi connectivity index (χ0v) is 12.5. The maximum atomic E-state index is 10.1. The largest absolute Gasteiger partial charge is 0.388 e. The molecule has 0 spiro atoms. The molecule has 2 N–H and O–H groups in total. The number of nitrogens with zero attached hydrogens (tertiary/aromatic N) is 1. The summed E-state index contributed by atoms with van der Waals surface area (Å²) < 4.78 is 0. The summed E-state index contributed by atoms with van der Waals surface area (Å²) in [5, 5.41) is 13.7. The van der Waals surface area contributed by atoms with Crippen LogP contribution in [-0.2, 0) is 6.54 Å². The molecule has 1 aliphatic rings. The third-order valence-electron chi connectivity index (χ3n) is 3.59. The quantitative estimate of drug-likeness (QED) is 0.878. The van der Waals surface area contributed by atoms with E-state index in [2.05, 4.69) is 55.3 Å². The maximum absolute atomic E-state index is 10.1. The number of hydrogen-bond acceptors (Lipinski definition) is 3. The molecule has 0 bridgehead atoms. The van der Waals surface area contributed by atoms with Crippen LogP contribution in [0.3, 0.4) is 0 Å². The van der Waals surface area contributed by atoms with E-state index in [-0.39, 0.29) is 5.54 Å². The van der Waals surface area contributed by atoms with Crippen molar-refractivity contribution >= 4 is 5.69 Å². The summed E-state index contributed by atoms with van der Waals surface area (Å²) in [7, 11) is 0. The van der Waals surface area contributed by atoms with Crippen molar-refractivity contribution in [1.82, 2.24) is 5.32 Å². The van der Waals surface area contributed by atoms with Gasteiger partial charge < -0.3 is 15.3 Å². The van der Waals surface area contributed by atoms with Crippen LogP contribution in [0.25, 0.3) is 0 Å². The van der Waals surface area contributed by atoms with Crippen molar-refractivity contribution < 1.29 is 5.11 Å². The zero-order valence-electron chi connectivity index (χ0n) is 12.5. The maximum Gasteiger partial charge on any atom is 0.0810 e. The second kappa shape index (κ2) is 5.14. The van der Waals surface area contributed by atoms with E-state index >= 15 is 0 Å². The number of nitrogens with one attached hydrogen (secondary N) is 1. The number of aliphatic hydroxyl groups is 1. The minimum atomic E-state index is -0.551. The summed E-state index contributed by atoms with van der Waals surface area (Å²) in [6.45, 7) is 11.0. The number of anilines is 1. The van der Waals surface area contributed by atoms with Crippen molar-refractivity contribution in [3.8, 4) is 0 Å². The van der Waals surface area contributed by atoms with Gasteiger partial charge in [-0.15, -0.1) is 0 Å². The Labute approximate surface area is 116 Å². The Morgan fingerprint density at radius 2 is 2.00 bits per heavy atom. The van der Waals surface area contributed by atoms with Crippen molar-refractivity contribution in [2.45, 2.75) is 51.8 Å². The average molecular weight is 262 g/mol. The molecule has 3 heteroatoms. The molecule has 0 aromatic heterocycles. The molecule has 1 aliphatic heterocycles.